The van der Waals surface area contributed by atoms with Crippen LogP contribution in [0.15, 0.2) is 36.7 Å². The summed E-state index contributed by atoms with van der Waals surface area (Å²) in [5.74, 6) is 0.523. The molecule has 0 radical (unpaired) electrons. The Morgan fingerprint density at radius 3 is 2.72 bits per heavy atom. The van der Waals surface area contributed by atoms with Gasteiger partial charge in [0.1, 0.15) is 11.3 Å². The smallest absolute Gasteiger partial charge is 0.413 e. The topological polar surface area (TPSA) is 148 Å². The number of carbonyl (C=O) groups excluding carboxylic acids is 2. The van der Waals surface area contributed by atoms with Crippen LogP contribution in [0.5, 0.6) is 0 Å². The van der Waals surface area contributed by atoms with Gasteiger partial charge in [-0.05, 0) is 50.3 Å². The molecule has 0 aliphatic heterocycles. The number of carbonyl (C=O) groups is 2. The molecule has 2 atom stereocenters. The Morgan fingerprint density at radius 1 is 1.25 bits per heavy atom. The van der Waals surface area contributed by atoms with Crippen molar-refractivity contribution >= 4 is 35.1 Å². The Bertz CT molecular complexity index is 1360. The minimum absolute atomic E-state index is 0.0325. The van der Waals surface area contributed by atoms with E-state index < -0.39 is 17.6 Å². The number of halogens is 1. The molecule has 0 saturated heterocycles. The fourth-order valence-corrected chi connectivity index (χ4v) is 5.28. The lowest BCUT2D eigenvalue weighted by Gasteiger charge is -2.36. The van der Waals surface area contributed by atoms with Crippen LogP contribution < -0.4 is 10.6 Å². The Hall–Kier alpha value is -4.04. The molecule has 6 rings (SSSR count). The van der Waals surface area contributed by atoms with Gasteiger partial charge in [0.15, 0.2) is 11.5 Å². The summed E-state index contributed by atoms with van der Waals surface area (Å²) < 4.78 is 6.84. The maximum atomic E-state index is 12.8. The van der Waals surface area contributed by atoms with Crippen LogP contribution in [0, 0.1) is 28.6 Å². The van der Waals surface area contributed by atoms with E-state index in [0.29, 0.717) is 40.8 Å². The highest BCUT2D eigenvalue weighted by Crippen LogP contribution is 2.61. The Kier molecular flexibility index (Phi) is 6.05. The maximum absolute atomic E-state index is 12.8. The van der Waals surface area contributed by atoms with Crippen LogP contribution >= 0.6 is 11.6 Å². The fraction of sp³-hybridized carbons (Fsp3) is 0.375. The largest absolute Gasteiger partial charge is 0.441 e. The lowest BCUT2D eigenvalue weighted by Crippen LogP contribution is -2.40. The molecule has 184 valence electrons. The number of nitrogens with zero attached hydrogens (tertiary/aromatic N) is 6. The molecule has 0 aromatic carbocycles. The fourth-order valence-electron chi connectivity index (χ4n) is 5.01. The van der Waals surface area contributed by atoms with E-state index in [9.17, 15) is 14.9 Å². The van der Waals surface area contributed by atoms with Crippen LogP contribution in [-0.4, -0.2) is 37.0 Å². The van der Waals surface area contributed by atoms with Crippen LogP contribution in [0.4, 0.5) is 16.3 Å². The van der Waals surface area contributed by atoms with Gasteiger partial charge in [0.25, 0.3) is 0 Å². The van der Waals surface area contributed by atoms with E-state index in [2.05, 4.69) is 37.0 Å². The first kappa shape index (κ1) is 23.7. The lowest BCUT2D eigenvalue weighted by atomic mass is 9.68. The predicted molar refractivity (Wildman–Crippen MR) is 130 cm³/mol. The second-order valence-electron chi connectivity index (χ2n) is 9.24. The SMILES string of the molecule is C[C@@H](OC(=O)Nc1c(-c2ccc(NC(=O)C34CC(C#N)C(C3)C4)cn2)nnn1C)c1cccnc1Cl. The molecule has 1 unspecified atom stereocenters. The van der Waals surface area contributed by atoms with Crippen molar-refractivity contribution in [2.45, 2.75) is 32.3 Å². The summed E-state index contributed by atoms with van der Waals surface area (Å²) in [6, 6.07) is 9.15. The first-order valence-corrected chi connectivity index (χ1v) is 11.8. The summed E-state index contributed by atoms with van der Waals surface area (Å²) in [6.45, 7) is 1.69. The molecule has 3 fully saturated rings. The van der Waals surface area contributed by atoms with Gasteiger partial charge in [-0.25, -0.2) is 14.5 Å². The van der Waals surface area contributed by atoms with E-state index in [0.717, 1.165) is 12.8 Å². The molecule has 3 saturated carbocycles. The molecule has 3 aromatic rings. The number of ether oxygens (including phenoxy) is 1. The summed E-state index contributed by atoms with van der Waals surface area (Å²) in [4.78, 5) is 33.8. The summed E-state index contributed by atoms with van der Waals surface area (Å²) in [5, 5.41) is 23.2. The molecule has 3 aromatic heterocycles. The van der Waals surface area contributed by atoms with Crippen molar-refractivity contribution < 1.29 is 14.3 Å². The molecule has 11 nitrogen and oxygen atoms in total. The zero-order valence-electron chi connectivity index (χ0n) is 19.6. The minimum atomic E-state index is -0.719. The maximum Gasteiger partial charge on any atom is 0.413 e. The summed E-state index contributed by atoms with van der Waals surface area (Å²) in [6.07, 6.45) is 3.87. The first-order valence-electron chi connectivity index (χ1n) is 11.4. The monoisotopic (exact) mass is 506 g/mol. The summed E-state index contributed by atoms with van der Waals surface area (Å²) in [5.41, 5.74) is 1.47. The van der Waals surface area contributed by atoms with Gasteiger partial charge in [-0.15, -0.1) is 5.10 Å². The van der Waals surface area contributed by atoms with E-state index >= 15 is 0 Å². The van der Waals surface area contributed by atoms with Gasteiger partial charge >= 0.3 is 6.09 Å². The van der Waals surface area contributed by atoms with E-state index in [1.165, 1.54) is 10.9 Å². The number of hydrogen-bond donors (Lipinski definition) is 2. The molecule has 3 aliphatic rings. The highest BCUT2D eigenvalue weighted by molar-refractivity contribution is 6.30. The van der Waals surface area contributed by atoms with E-state index in [4.69, 9.17) is 16.3 Å². The number of rotatable bonds is 6. The molecular weight excluding hydrogens is 484 g/mol. The van der Waals surface area contributed by atoms with Crippen molar-refractivity contribution in [3.63, 3.8) is 0 Å². The number of nitrogens with one attached hydrogen (secondary N) is 2. The van der Waals surface area contributed by atoms with Crippen LogP contribution in [0.3, 0.4) is 0 Å². The third kappa shape index (κ3) is 4.24. The number of aromatic nitrogens is 5. The number of hydrogen-bond acceptors (Lipinski definition) is 8. The third-order valence-corrected chi connectivity index (χ3v) is 7.27. The van der Waals surface area contributed by atoms with Crippen molar-refractivity contribution in [3.05, 3.63) is 47.4 Å². The molecule has 2 amide bonds. The number of pyridine rings is 2. The highest BCUT2D eigenvalue weighted by Gasteiger charge is 2.60. The molecule has 36 heavy (non-hydrogen) atoms. The van der Waals surface area contributed by atoms with Gasteiger partial charge in [-0.3, -0.25) is 15.1 Å². The number of aryl methyl sites for hydroxylation is 1. The Labute approximate surface area is 211 Å². The van der Waals surface area contributed by atoms with Crippen molar-refractivity contribution in [3.8, 4) is 17.5 Å². The molecule has 3 aliphatic carbocycles. The average Bonchev–Trinajstić information content (AvgIpc) is 3.52. The Balaban J connectivity index is 1.25. The molecular formula is C24H23ClN8O3. The number of nitriles is 1. The van der Waals surface area contributed by atoms with Gasteiger partial charge in [0.2, 0.25) is 5.91 Å². The van der Waals surface area contributed by atoms with Crippen molar-refractivity contribution in [1.82, 2.24) is 25.0 Å². The lowest BCUT2D eigenvalue weighted by molar-refractivity contribution is -0.129. The number of amides is 2. The van der Waals surface area contributed by atoms with Crippen LogP contribution in [0.1, 0.15) is 37.9 Å². The highest BCUT2D eigenvalue weighted by atomic mass is 35.5. The standard InChI is InChI=1S/C24H23ClN8O3/c1-13(17-4-3-7-27-20(17)25)36-23(35)30-21-19(31-32-33(21)2)18-6-5-16(12-28-18)29-22(34)24-8-14(9-24)15(10-24)11-26/h3-7,12-15H,8-10H2,1-2H3,(H,29,34)(H,30,35)/t13-,14?,15?,24?/m1/s1. The first-order chi connectivity index (χ1) is 17.3. The van der Waals surface area contributed by atoms with Crippen LogP contribution in [0.2, 0.25) is 5.15 Å². The van der Waals surface area contributed by atoms with Gasteiger partial charge in [-0.1, -0.05) is 22.9 Å². The van der Waals surface area contributed by atoms with E-state index in [-0.39, 0.29) is 17.0 Å². The van der Waals surface area contributed by atoms with Gasteiger partial charge in [-0.2, -0.15) is 5.26 Å². The van der Waals surface area contributed by atoms with E-state index in [1.807, 2.05) is 0 Å². The minimum Gasteiger partial charge on any atom is -0.441 e. The van der Waals surface area contributed by atoms with Crippen molar-refractivity contribution in [2.24, 2.45) is 24.3 Å². The molecule has 3 heterocycles. The summed E-state index contributed by atoms with van der Waals surface area (Å²) >= 11 is 6.09. The second kappa shape index (κ2) is 9.20. The quantitative estimate of drug-likeness (QED) is 0.474. The normalized spacial score (nSPS) is 22.7. The van der Waals surface area contributed by atoms with E-state index in [1.54, 1.807) is 44.4 Å². The number of fused-ring (bicyclic) bond motifs is 1. The van der Waals surface area contributed by atoms with Crippen molar-refractivity contribution in [1.29, 1.82) is 5.26 Å². The molecule has 2 N–H and O–H groups in total. The second-order valence-corrected chi connectivity index (χ2v) is 9.60. The zero-order valence-corrected chi connectivity index (χ0v) is 20.4. The van der Waals surface area contributed by atoms with Crippen LogP contribution in [0.25, 0.3) is 11.4 Å². The van der Waals surface area contributed by atoms with Gasteiger partial charge < -0.3 is 10.1 Å². The number of anilines is 2. The average molecular weight is 507 g/mol. The molecule has 0 spiro atoms. The zero-order chi connectivity index (χ0) is 25.4. The third-order valence-electron chi connectivity index (χ3n) is 6.95. The van der Waals surface area contributed by atoms with Crippen LogP contribution in [-0.2, 0) is 16.6 Å². The Morgan fingerprint density at radius 2 is 2.06 bits per heavy atom. The molecule has 2 bridgehead atoms. The predicted octanol–water partition coefficient (Wildman–Crippen LogP) is 4.11. The van der Waals surface area contributed by atoms with Gasteiger partial charge in [0, 0.05) is 18.8 Å². The summed E-state index contributed by atoms with van der Waals surface area (Å²) in [7, 11) is 1.63. The molecule has 12 heteroatoms. The van der Waals surface area contributed by atoms with Crippen molar-refractivity contribution in [2.75, 3.05) is 10.6 Å². The van der Waals surface area contributed by atoms with Gasteiger partial charge in [0.05, 0.1) is 35.0 Å².